The molecule has 0 saturated heterocycles. The van der Waals surface area contributed by atoms with E-state index in [1.54, 1.807) is 0 Å². The Morgan fingerprint density at radius 3 is 3.00 bits per heavy atom. The van der Waals surface area contributed by atoms with E-state index in [0.717, 1.165) is 22.8 Å². The molecule has 2 bridgehead atoms. The molecule has 3 fully saturated rings. The molecular weight excluding hydrogens is 188 g/mol. The number of nitrogens with zero attached hydrogens (tertiary/aromatic N) is 2. The van der Waals surface area contributed by atoms with Crippen molar-refractivity contribution in [3.63, 3.8) is 0 Å². The van der Waals surface area contributed by atoms with Gasteiger partial charge in [0.15, 0.2) is 5.82 Å². The lowest BCUT2D eigenvalue weighted by atomic mass is 9.50. The Balaban J connectivity index is 1.74. The summed E-state index contributed by atoms with van der Waals surface area (Å²) < 4.78 is 0. The number of nitrogens with one attached hydrogen (secondary N) is 2. The SMILES string of the molecule is c1cnc2c(NC34CC(C3)C4)n[nH]c2c1. The molecule has 15 heavy (non-hydrogen) atoms. The van der Waals surface area contributed by atoms with Gasteiger partial charge in [0.1, 0.15) is 5.52 Å². The zero-order valence-electron chi connectivity index (χ0n) is 8.33. The fraction of sp³-hybridized carbons (Fsp3) is 0.455. The Hall–Kier alpha value is -1.58. The maximum Gasteiger partial charge on any atom is 0.174 e. The van der Waals surface area contributed by atoms with E-state index in [9.17, 15) is 0 Å². The van der Waals surface area contributed by atoms with Gasteiger partial charge in [0, 0.05) is 11.7 Å². The minimum Gasteiger partial charge on any atom is -0.361 e. The van der Waals surface area contributed by atoms with Gasteiger partial charge < -0.3 is 5.32 Å². The van der Waals surface area contributed by atoms with Gasteiger partial charge in [-0.1, -0.05) is 0 Å². The Labute approximate surface area is 87.1 Å². The number of pyridine rings is 1. The van der Waals surface area contributed by atoms with Gasteiger partial charge in [-0.2, -0.15) is 5.10 Å². The van der Waals surface area contributed by atoms with E-state index < -0.39 is 0 Å². The highest BCUT2D eigenvalue weighted by Gasteiger charge is 2.57. The largest absolute Gasteiger partial charge is 0.361 e. The van der Waals surface area contributed by atoms with Crippen LogP contribution in [0.15, 0.2) is 18.3 Å². The van der Waals surface area contributed by atoms with Gasteiger partial charge in [-0.15, -0.1) is 0 Å². The summed E-state index contributed by atoms with van der Waals surface area (Å²) >= 11 is 0. The topological polar surface area (TPSA) is 53.6 Å². The number of fused-ring (bicyclic) bond motifs is 1. The first kappa shape index (κ1) is 7.68. The van der Waals surface area contributed by atoms with Gasteiger partial charge in [-0.3, -0.25) is 10.1 Å². The van der Waals surface area contributed by atoms with E-state index in [1.807, 2.05) is 18.3 Å². The van der Waals surface area contributed by atoms with Crippen LogP contribution in [0.25, 0.3) is 11.0 Å². The van der Waals surface area contributed by atoms with Crippen molar-refractivity contribution in [1.82, 2.24) is 15.2 Å². The average molecular weight is 200 g/mol. The summed E-state index contributed by atoms with van der Waals surface area (Å²) in [6, 6.07) is 3.92. The Kier molecular flexibility index (Phi) is 1.19. The molecule has 76 valence electrons. The molecule has 2 N–H and O–H groups in total. The first-order valence-electron chi connectivity index (χ1n) is 5.42. The molecule has 4 heteroatoms. The summed E-state index contributed by atoms with van der Waals surface area (Å²) in [5, 5.41) is 10.8. The molecule has 0 unspecified atom stereocenters. The van der Waals surface area contributed by atoms with Crippen LogP contribution in [-0.2, 0) is 0 Å². The van der Waals surface area contributed by atoms with Crippen LogP contribution in [0, 0.1) is 5.92 Å². The molecule has 2 heterocycles. The van der Waals surface area contributed by atoms with Crippen molar-refractivity contribution < 1.29 is 0 Å². The second kappa shape index (κ2) is 2.32. The summed E-state index contributed by atoms with van der Waals surface area (Å²) in [7, 11) is 0. The predicted octanol–water partition coefficient (Wildman–Crippen LogP) is 1.92. The lowest BCUT2D eigenvalue weighted by molar-refractivity contribution is 0.00190. The van der Waals surface area contributed by atoms with Crippen LogP contribution in [0.4, 0.5) is 5.82 Å². The number of aromatic amines is 1. The van der Waals surface area contributed by atoms with E-state index in [0.29, 0.717) is 5.54 Å². The third-order valence-corrected chi connectivity index (χ3v) is 3.74. The van der Waals surface area contributed by atoms with Crippen molar-refractivity contribution >= 4 is 16.9 Å². The number of hydrogen-bond donors (Lipinski definition) is 2. The van der Waals surface area contributed by atoms with Crippen molar-refractivity contribution in [3.8, 4) is 0 Å². The summed E-state index contributed by atoms with van der Waals surface area (Å²) in [6.45, 7) is 0. The molecule has 0 aromatic carbocycles. The van der Waals surface area contributed by atoms with Gasteiger partial charge in [-0.25, -0.2) is 0 Å². The van der Waals surface area contributed by atoms with Gasteiger partial charge in [0.2, 0.25) is 0 Å². The molecule has 0 amide bonds. The molecule has 4 nitrogen and oxygen atoms in total. The van der Waals surface area contributed by atoms with Crippen molar-refractivity contribution in [2.45, 2.75) is 24.8 Å². The van der Waals surface area contributed by atoms with E-state index >= 15 is 0 Å². The summed E-state index contributed by atoms with van der Waals surface area (Å²) in [6.07, 6.45) is 5.75. The Morgan fingerprint density at radius 2 is 2.27 bits per heavy atom. The smallest absolute Gasteiger partial charge is 0.174 e. The van der Waals surface area contributed by atoms with Crippen molar-refractivity contribution in [2.75, 3.05) is 5.32 Å². The molecule has 0 spiro atoms. The molecule has 0 radical (unpaired) electrons. The molecule has 3 saturated carbocycles. The van der Waals surface area contributed by atoms with Crippen LogP contribution < -0.4 is 5.32 Å². The summed E-state index contributed by atoms with van der Waals surface area (Å²) in [4.78, 5) is 4.34. The van der Waals surface area contributed by atoms with Crippen LogP contribution in [0.3, 0.4) is 0 Å². The second-order valence-corrected chi connectivity index (χ2v) is 4.86. The van der Waals surface area contributed by atoms with Crippen molar-refractivity contribution in [2.24, 2.45) is 5.92 Å². The summed E-state index contributed by atoms with van der Waals surface area (Å²) in [5.41, 5.74) is 2.33. The molecule has 3 aliphatic rings. The molecule has 3 aliphatic carbocycles. The first-order chi connectivity index (χ1) is 7.35. The van der Waals surface area contributed by atoms with Gasteiger partial charge in [0.25, 0.3) is 0 Å². The monoisotopic (exact) mass is 200 g/mol. The first-order valence-corrected chi connectivity index (χ1v) is 5.42. The molecule has 0 aliphatic heterocycles. The average Bonchev–Trinajstić information content (AvgIpc) is 2.53. The highest BCUT2D eigenvalue weighted by atomic mass is 15.2. The van der Waals surface area contributed by atoms with Crippen LogP contribution >= 0.6 is 0 Å². The number of hydrogen-bond acceptors (Lipinski definition) is 3. The van der Waals surface area contributed by atoms with E-state index in [2.05, 4.69) is 20.5 Å². The zero-order valence-corrected chi connectivity index (χ0v) is 8.33. The maximum atomic E-state index is 4.34. The minimum absolute atomic E-state index is 0.365. The fourth-order valence-electron chi connectivity index (χ4n) is 2.82. The van der Waals surface area contributed by atoms with Crippen LogP contribution in [0.1, 0.15) is 19.3 Å². The molecule has 0 atom stereocenters. The third kappa shape index (κ3) is 0.914. The quantitative estimate of drug-likeness (QED) is 0.778. The number of aromatic nitrogens is 3. The highest BCUT2D eigenvalue weighted by molar-refractivity contribution is 5.85. The lowest BCUT2D eigenvalue weighted by Gasteiger charge is -2.62. The van der Waals surface area contributed by atoms with Crippen LogP contribution in [0.2, 0.25) is 0 Å². The standard InChI is InChI=1S/C11H12N4/c1-2-8-9(12-3-1)10(15-14-8)13-11-4-7(5-11)6-11/h1-3,7H,4-6H2,(H2,13,14,15). The molecule has 2 aromatic heterocycles. The van der Waals surface area contributed by atoms with E-state index in [-0.39, 0.29) is 0 Å². The van der Waals surface area contributed by atoms with Crippen molar-refractivity contribution in [3.05, 3.63) is 18.3 Å². The summed E-state index contributed by atoms with van der Waals surface area (Å²) in [5.74, 6) is 1.90. The van der Waals surface area contributed by atoms with E-state index in [4.69, 9.17) is 0 Å². The van der Waals surface area contributed by atoms with Gasteiger partial charge in [0.05, 0.1) is 5.52 Å². The van der Waals surface area contributed by atoms with Crippen LogP contribution in [0.5, 0.6) is 0 Å². The van der Waals surface area contributed by atoms with Gasteiger partial charge >= 0.3 is 0 Å². The van der Waals surface area contributed by atoms with Crippen LogP contribution in [-0.4, -0.2) is 20.7 Å². The number of anilines is 1. The highest BCUT2D eigenvalue weighted by Crippen LogP contribution is 2.58. The fourth-order valence-corrected chi connectivity index (χ4v) is 2.82. The number of H-pyrrole nitrogens is 1. The second-order valence-electron chi connectivity index (χ2n) is 4.86. The normalized spacial score (nSPS) is 32.1. The minimum atomic E-state index is 0.365. The predicted molar refractivity (Wildman–Crippen MR) is 57.6 cm³/mol. The molecule has 2 aromatic rings. The zero-order chi connectivity index (χ0) is 9.88. The third-order valence-electron chi connectivity index (χ3n) is 3.74. The molecular formula is C11H12N4. The van der Waals surface area contributed by atoms with E-state index in [1.165, 1.54) is 19.3 Å². The maximum absolute atomic E-state index is 4.34. The molecule has 5 rings (SSSR count). The van der Waals surface area contributed by atoms with Gasteiger partial charge in [-0.05, 0) is 37.3 Å². The lowest BCUT2D eigenvalue weighted by Crippen LogP contribution is -2.63. The Bertz CT molecular complexity index is 513. The number of rotatable bonds is 2. The van der Waals surface area contributed by atoms with Crippen molar-refractivity contribution in [1.29, 1.82) is 0 Å². The Morgan fingerprint density at radius 1 is 1.40 bits per heavy atom.